The number of rotatable bonds is 7. The second-order valence-corrected chi connectivity index (χ2v) is 11.4. The van der Waals surface area contributed by atoms with E-state index in [2.05, 4.69) is 15.2 Å². The fraction of sp³-hybridized carbons (Fsp3) is 0.360. The highest BCUT2D eigenvalue weighted by atomic mass is 35.5. The van der Waals surface area contributed by atoms with E-state index in [0.29, 0.717) is 31.0 Å². The van der Waals surface area contributed by atoms with Crippen LogP contribution in [-0.2, 0) is 14.6 Å². The molecule has 1 aromatic heterocycles. The standard InChI is InChI=1S/C25H28ClN3O4S/c1-18-14-22(6-10-27-18)29-11-8-25(31,9-12-29)17-28-24(30)7-13-34(32,33)23-5-3-19-15-21(26)4-2-20(19)16-23/h2-6,10,14-16,31H,7-9,11-13,17H2,1H3,(H,28,30). The fourth-order valence-corrected chi connectivity index (χ4v) is 5.62. The fourth-order valence-electron chi connectivity index (χ4n) is 4.17. The molecule has 7 nitrogen and oxygen atoms in total. The van der Waals surface area contributed by atoms with Gasteiger partial charge in [-0.1, -0.05) is 23.7 Å². The zero-order valence-electron chi connectivity index (χ0n) is 19.0. The van der Waals surface area contributed by atoms with Gasteiger partial charge in [0.05, 0.1) is 16.2 Å². The van der Waals surface area contributed by atoms with Crippen molar-refractivity contribution in [3.05, 3.63) is 65.4 Å². The predicted molar refractivity (Wildman–Crippen MR) is 134 cm³/mol. The van der Waals surface area contributed by atoms with Gasteiger partial charge in [0.15, 0.2) is 9.84 Å². The van der Waals surface area contributed by atoms with Gasteiger partial charge in [0.1, 0.15) is 0 Å². The number of aromatic nitrogens is 1. The summed E-state index contributed by atoms with van der Waals surface area (Å²) >= 11 is 5.98. The van der Waals surface area contributed by atoms with Crippen molar-refractivity contribution in [2.45, 2.75) is 36.7 Å². The third-order valence-corrected chi connectivity index (χ3v) is 8.23. The molecular formula is C25H28ClN3O4S. The maximum atomic E-state index is 12.7. The molecule has 0 radical (unpaired) electrons. The summed E-state index contributed by atoms with van der Waals surface area (Å²) in [6, 6.07) is 14.1. The molecule has 0 bridgehead atoms. The normalized spacial score (nSPS) is 15.9. The molecular weight excluding hydrogens is 474 g/mol. The van der Waals surface area contributed by atoms with Crippen molar-refractivity contribution in [3.8, 4) is 0 Å². The molecule has 4 rings (SSSR count). The van der Waals surface area contributed by atoms with Crippen LogP contribution in [0.5, 0.6) is 0 Å². The molecule has 1 amide bonds. The number of sulfone groups is 1. The Balaban J connectivity index is 1.28. The average Bonchev–Trinajstić information content (AvgIpc) is 2.81. The van der Waals surface area contributed by atoms with E-state index in [1.165, 1.54) is 6.07 Å². The lowest BCUT2D eigenvalue weighted by atomic mass is 9.91. The molecule has 0 spiro atoms. The van der Waals surface area contributed by atoms with Crippen LogP contribution in [0.2, 0.25) is 5.02 Å². The molecule has 1 fully saturated rings. The van der Waals surface area contributed by atoms with Gasteiger partial charge >= 0.3 is 0 Å². The molecule has 0 saturated carbocycles. The van der Waals surface area contributed by atoms with Crippen molar-refractivity contribution in [2.24, 2.45) is 0 Å². The number of halogens is 1. The van der Waals surface area contributed by atoms with Gasteiger partial charge in [-0.25, -0.2) is 8.42 Å². The number of anilines is 1. The number of carbonyl (C=O) groups excluding carboxylic acids is 1. The predicted octanol–water partition coefficient (Wildman–Crippen LogP) is 3.51. The van der Waals surface area contributed by atoms with Crippen LogP contribution in [0.3, 0.4) is 0 Å². The van der Waals surface area contributed by atoms with E-state index >= 15 is 0 Å². The van der Waals surface area contributed by atoms with Gasteiger partial charge in [0.25, 0.3) is 0 Å². The summed E-state index contributed by atoms with van der Waals surface area (Å²) in [6.45, 7) is 3.37. The van der Waals surface area contributed by atoms with E-state index in [4.69, 9.17) is 11.6 Å². The van der Waals surface area contributed by atoms with Crippen LogP contribution in [0.25, 0.3) is 10.8 Å². The Morgan fingerprint density at radius 2 is 1.82 bits per heavy atom. The molecule has 2 N–H and O–H groups in total. The highest BCUT2D eigenvalue weighted by Gasteiger charge is 2.33. The lowest BCUT2D eigenvalue weighted by molar-refractivity contribution is -0.122. The van der Waals surface area contributed by atoms with Crippen LogP contribution >= 0.6 is 11.6 Å². The molecule has 3 aromatic rings. The molecule has 9 heteroatoms. The van der Waals surface area contributed by atoms with E-state index in [1.807, 2.05) is 19.1 Å². The van der Waals surface area contributed by atoms with E-state index in [-0.39, 0.29) is 23.6 Å². The maximum absolute atomic E-state index is 12.7. The molecule has 34 heavy (non-hydrogen) atoms. The average molecular weight is 502 g/mol. The third kappa shape index (κ3) is 5.87. The first kappa shape index (κ1) is 24.4. The van der Waals surface area contributed by atoms with Crippen LogP contribution in [0.15, 0.2) is 59.6 Å². The number of fused-ring (bicyclic) bond motifs is 1. The Morgan fingerprint density at radius 3 is 2.56 bits per heavy atom. The number of aryl methyl sites for hydroxylation is 1. The van der Waals surface area contributed by atoms with Crippen molar-refractivity contribution in [1.29, 1.82) is 0 Å². The molecule has 1 saturated heterocycles. The summed E-state index contributed by atoms with van der Waals surface area (Å²) in [5.41, 5.74) is 1.00. The van der Waals surface area contributed by atoms with Crippen molar-refractivity contribution >= 4 is 43.8 Å². The van der Waals surface area contributed by atoms with Crippen LogP contribution in [-0.4, -0.2) is 55.4 Å². The molecule has 2 heterocycles. The van der Waals surface area contributed by atoms with Crippen LogP contribution < -0.4 is 10.2 Å². The molecule has 180 valence electrons. The van der Waals surface area contributed by atoms with Gasteiger partial charge < -0.3 is 15.3 Å². The summed E-state index contributed by atoms with van der Waals surface area (Å²) in [4.78, 5) is 18.9. The maximum Gasteiger partial charge on any atom is 0.221 e. The Morgan fingerprint density at radius 1 is 1.12 bits per heavy atom. The summed E-state index contributed by atoms with van der Waals surface area (Å²) in [5, 5.41) is 15.8. The third-order valence-electron chi connectivity index (χ3n) is 6.28. The lowest BCUT2D eigenvalue weighted by Gasteiger charge is -2.39. The Bertz CT molecular complexity index is 1300. The van der Waals surface area contributed by atoms with Gasteiger partial charge in [-0.05, 0) is 66.9 Å². The minimum atomic E-state index is -3.62. The summed E-state index contributed by atoms with van der Waals surface area (Å²) in [6.07, 6.45) is 2.62. The molecule has 0 aliphatic carbocycles. The number of nitrogens with zero attached hydrogens (tertiary/aromatic N) is 2. The number of hydrogen-bond acceptors (Lipinski definition) is 6. The topological polar surface area (TPSA) is 99.6 Å². The van der Waals surface area contributed by atoms with Gasteiger partial charge in [-0.3, -0.25) is 9.78 Å². The second-order valence-electron chi connectivity index (χ2n) is 8.87. The number of aliphatic hydroxyl groups is 1. The number of carbonyl (C=O) groups is 1. The molecule has 0 atom stereocenters. The molecule has 0 unspecified atom stereocenters. The number of benzene rings is 2. The largest absolute Gasteiger partial charge is 0.388 e. The summed E-state index contributed by atoms with van der Waals surface area (Å²) < 4.78 is 25.5. The van der Waals surface area contributed by atoms with E-state index in [0.717, 1.165) is 22.2 Å². The SMILES string of the molecule is Cc1cc(N2CCC(O)(CNC(=O)CCS(=O)(=O)c3ccc4cc(Cl)ccc4c3)CC2)ccn1. The first-order valence-corrected chi connectivity index (χ1v) is 13.3. The van der Waals surface area contributed by atoms with E-state index in [1.54, 1.807) is 36.5 Å². The number of piperidine rings is 1. The van der Waals surface area contributed by atoms with Crippen molar-refractivity contribution in [1.82, 2.24) is 10.3 Å². The minimum Gasteiger partial charge on any atom is -0.388 e. The minimum absolute atomic E-state index is 0.103. The quantitative estimate of drug-likeness (QED) is 0.514. The number of nitrogens with one attached hydrogen (secondary N) is 1. The first-order chi connectivity index (χ1) is 16.1. The lowest BCUT2D eigenvalue weighted by Crippen LogP contribution is -2.51. The summed E-state index contributed by atoms with van der Waals surface area (Å²) in [5.74, 6) is -0.692. The van der Waals surface area contributed by atoms with Gasteiger partial charge in [-0.2, -0.15) is 0 Å². The Kier molecular flexibility index (Phi) is 7.12. The first-order valence-electron chi connectivity index (χ1n) is 11.2. The van der Waals surface area contributed by atoms with Crippen LogP contribution in [0.1, 0.15) is 25.0 Å². The van der Waals surface area contributed by atoms with Gasteiger partial charge in [-0.15, -0.1) is 0 Å². The van der Waals surface area contributed by atoms with E-state index in [9.17, 15) is 18.3 Å². The number of amides is 1. The van der Waals surface area contributed by atoms with Crippen LogP contribution in [0.4, 0.5) is 5.69 Å². The van der Waals surface area contributed by atoms with Gasteiger partial charge in [0.2, 0.25) is 5.91 Å². The monoisotopic (exact) mass is 501 g/mol. The number of hydrogen-bond donors (Lipinski definition) is 2. The number of pyridine rings is 1. The van der Waals surface area contributed by atoms with Gasteiger partial charge in [0, 0.05) is 48.7 Å². The van der Waals surface area contributed by atoms with Crippen molar-refractivity contribution in [3.63, 3.8) is 0 Å². The second kappa shape index (κ2) is 9.90. The smallest absolute Gasteiger partial charge is 0.221 e. The Labute approximate surface area is 204 Å². The highest BCUT2D eigenvalue weighted by Crippen LogP contribution is 2.26. The zero-order chi connectivity index (χ0) is 24.3. The Hall–Kier alpha value is -2.68. The molecule has 1 aliphatic rings. The highest BCUT2D eigenvalue weighted by molar-refractivity contribution is 7.91. The summed E-state index contributed by atoms with van der Waals surface area (Å²) in [7, 11) is -3.62. The molecule has 1 aliphatic heterocycles. The van der Waals surface area contributed by atoms with Crippen molar-refractivity contribution < 1.29 is 18.3 Å². The van der Waals surface area contributed by atoms with E-state index < -0.39 is 21.3 Å². The van der Waals surface area contributed by atoms with Crippen LogP contribution in [0, 0.1) is 6.92 Å². The van der Waals surface area contributed by atoms with Crippen molar-refractivity contribution in [2.75, 3.05) is 30.3 Å². The molecule has 2 aromatic carbocycles. The zero-order valence-corrected chi connectivity index (χ0v) is 20.6.